The maximum absolute atomic E-state index is 11.7. The first-order chi connectivity index (χ1) is 14.7. The van der Waals surface area contributed by atoms with E-state index >= 15 is 0 Å². The van der Waals surface area contributed by atoms with E-state index in [4.69, 9.17) is 0 Å². The summed E-state index contributed by atoms with van der Waals surface area (Å²) < 4.78 is 0. The zero-order valence-corrected chi connectivity index (χ0v) is 21.6. The van der Waals surface area contributed by atoms with Gasteiger partial charge in [-0.1, -0.05) is 64.8 Å². The van der Waals surface area contributed by atoms with Crippen molar-refractivity contribution in [1.29, 1.82) is 0 Å². The summed E-state index contributed by atoms with van der Waals surface area (Å²) in [6.45, 7) is 3.60. The Morgan fingerprint density at radius 3 is 0.700 bits per heavy atom. The summed E-state index contributed by atoms with van der Waals surface area (Å²) in [7, 11) is 10.0. The van der Waals surface area contributed by atoms with Gasteiger partial charge in [0.25, 0.3) is 0 Å². The summed E-state index contributed by atoms with van der Waals surface area (Å²) in [6.07, 6.45) is 0. The Morgan fingerprint density at radius 1 is 0.367 bits per heavy atom. The largest absolute Gasteiger partial charge is 0.337 e. The lowest BCUT2D eigenvalue weighted by atomic mass is 10.7. The second-order valence-corrected chi connectivity index (χ2v) is 13.6. The Hall–Kier alpha value is -0.0900. The lowest BCUT2D eigenvalue weighted by Gasteiger charge is -2.08. The molecule has 30 heavy (non-hydrogen) atoms. The van der Waals surface area contributed by atoms with Crippen LogP contribution in [0.3, 0.4) is 0 Å². The molecular weight excluding hydrogens is 505 g/mol. The van der Waals surface area contributed by atoms with Crippen LogP contribution in [0.15, 0.2) is 0 Å². The predicted octanol–water partition coefficient (Wildman–Crippen LogP) is 2.04. The molecule has 1 saturated heterocycles. The standard InChI is InChI=1S/C15H30N6O3S6/c22-13-16-1-7-25-26-8-3-18-14(23)19-5-11-29-30-12-6-21-15(24)20-4-10-28-27-9-2-17-13/h1-12H2,(H2,16,17,22)(H2,18,19,23)(H2,20,21,24). The second kappa shape index (κ2) is 20.8. The van der Waals surface area contributed by atoms with Crippen LogP contribution < -0.4 is 31.9 Å². The van der Waals surface area contributed by atoms with Gasteiger partial charge in [0.1, 0.15) is 0 Å². The molecule has 9 nitrogen and oxygen atoms in total. The highest BCUT2D eigenvalue weighted by Crippen LogP contribution is 2.20. The first-order valence-corrected chi connectivity index (χ1v) is 16.9. The quantitative estimate of drug-likeness (QED) is 0.259. The van der Waals surface area contributed by atoms with E-state index in [-0.39, 0.29) is 18.1 Å². The smallest absolute Gasteiger partial charge is 0.314 e. The van der Waals surface area contributed by atoms with E-state index in [2.05, 4.69) is 31.9 Å². The van der Waals surface area contributed by atoms with Gasteiger partial charge < -0.3 is 31.9 Å². The molecule has 15 heteroatoms. The molecule has 0 bridgehead atoms. The topological polar surface area (TPSA) is 123 Å². The number of amides is 6. The normalized spacial score (nSPS) is 21.4. The van der Waals surface area contributed by atoms with Crippen molar-refractivity contribution in [1.82, 2.24) is 31.9 Å². The fourth-order valence-electron chi connectivity index (χ4n) is 1.78. The van der Waals surface area contributed by atoms with Gasteiger partial charge in [-0.25, -0.2) is 14.4 Å². The molecule has 1 rings (SSSR count). The van der Waals surface area contributed by atoms with Crippen LogP contribution in [0.4, 0.5) is 14.4 Å². The van der Waals surface area contributed by atoms with Crippen molar-refractivity contribution < 1.29 is 14.4 Å². The minimum absolute atomic E-state index is 0.156. The van der Waals surface area contributed by atoms with E-state index in [0.29, 0.717) is 39.3 Å². The van der Waals surface area contributed by atoms with Crippen LogP contribution >= 0.6 is 64.8 Å². The Bertz CT molecular complexity index is 391. The molecule has 0 aromatic carbocycles. The van der Waals surface area contributed by atoms with Crippen LogP contribution in [-0.2, 0) is 0 Å². The molecule has 1 aliphatic heterocycles. The van der Waals surface area contributed by atoms with Gasteiger partial charge in [-0.3, -0.25) is 0 Å². The van der Waals surface area contributed by atoms with Gasteiger partial charge in [0.15, 0.2) is 0 Å². The van der Waals surface area contributed by atoms with E-state index < -0.39 is 0 Å². The summed E-state index contributed by atoms with van der Waals surface area (Å²) in [6, 6.07) is -0.468. The number of nitrogens with one attached hydrogen (secondary N) is 6. The van der Waals surface area contributed by atoms with Crippen LogP contribution in [0.1, 0.15) is 0 Å². The fraction of sp³-hybridized carbons (Fsp3) is 0.800. The zero-order valence-electron chi connectivity index (χ0n) is 16.7. The summed E-state index contributed by atoms with van der Waals surface area (Å²) in [4.78, 5) is 35.0. The second-order valence-electron chi connectivity index (χ2n) is 5.48. The molecule has 6 amide bonds. The number of carbonyl (C=O) groups excluding carboxylic acids is 3. The van der Waals surface area contributed by atoms with Crippen molar-refractivity contribution in [2.45, 2.75) is 0 Å². The number of urea groups is 3. The van der Waals surface area contributed by atoms with E-state index in [1.54, 1.807) is 64.8 Å². The summed E-state index contributed by atoms with van der Waals surface area (Å²) in [5.74, 6) is 4.86. The third kappa shape index (κ3) is 18.7. The van der Waals surface area contributed by atoms with Crippen molar-refractivity contribution in [3.05, 3.63) is 0 Å². The molecule has 0 atom stereocenters. The Kier molecular flexibility index (Phi) is 19.4. The molecule has 1 fully saturated rings. The van der Waals surface area contributed by atoms with Gasteiger partial charge in [0.05, 0.1) is 0 Å². The van der Waals surface area contributed by atoms with Gasteiger partial charge in [-0.2, -0.15) is 0 Å². The summed E-state index contributed by atoms with van der Waals surface area (Å²) in [5.41, 5.74) is 0. The van der Waals surface area contributed by atoms with Gasteiger partial charge >= 0.3 is 18.1 Å². The van der Waals surface area contributed by atoms with Crippen LogP contribution in [0, 0.1) is 0 Å². The Labute approximate surface area is 202 Å². The molecule has 0 saturated carbocycles. The van der Waals surface area contributed by atoms with Crippen LogP contribution in [0.2, 0.25) is 0 Å². The van der Waals surface area contributed by atoms with Crippen molar-refractivity contribution >= 4 is 82.9 Å². The fourth-order valence-corrected chi connectivity index (χ4v) is 7.22. The molecule has 174 valence electrons. The highest BCUT2D eigenvalue weighted by Gasteiger charge is 2.03. The van der Waals surface area contributed by atoms with Crippen molar-refractivity contribution in [3.8, 4) is 0 Å². The molecule has 0 radical (unpaired) electrons. The molecule has 0 aliphatic carbocycles. The predicted molar refractivity (Wildman–Crippen MR) is 139 cm³/mol. The van der Waals surface area contributed by atoms with Crippen LogP contribution in [0.5, 0.6) is 0 Å². The van der Waals surface area contributed by atoms with Crippen molar-refractivity contribution in [2.75, 3.05) is 73.8 Å². The molecule has 1 heterocycles. The van der Waals surface area contributed by atoms with Crippen molar-refractivity contribution in [3.63, 3.8) is 0 Å². The van der Waals surface area contributed by atoms with Gasteiger partial charge in [-0.05, 0) is 0 Å². The SMILES string of the molecule is O=C1NCCSSCCNC(=O)NCCSSCCNC(=O)NCCSSCCN1. The summed E-state index contributed by atoms with van der Waals surface area (Å²) >= 11 is 0. The van der Waals surface area contributed by atoms with E-state index in [9.17, 15) is 14.4 Å². The monoisotopic (exact) mass is 534 g/mol. The molecule has 0 spiro atoms. The lowest BCUT2D eigenvalue weighted by Crippen LogP contribution is -2.38. The van der Waals surface area contributed by atoms with E-state index in [1.807, 2.05) is 0 Å². The lowest BCUT2D eigenvalue weighted by molar-refractivity contribution is 0.241. The van der Waals surface area contributed by atoms with Crippen molar-refractivity contribution in [2.24, 2.45) is 0 Å². The van der Waals surface area contributed by atoms with Crippen LogP contribution in [0.25, 0.3) is 0 Å². The zero-order chi connectivity index (χ0) is 21.7. The number of carbonyl (C=O) groups is 3. The molecule has 0 unspecified atom stereocenters. The van der Waals surface area contributed by atoms with Crippen LogP contribution in [-0.4, -0.2) is 91.9 Å². The number of rotatable bonds is 0. The number of hydrogen-bond acceptors (Lipinski definition) is 9. The highest BCUT2D eigenvalue weighted by atomic mass is 33.1. The highest BCUT2D eigenvalue weighted by molar-refractivity contribution is 8.77. The maximum atomic E-state index is 11.7. The third-order valence-corrected chi connectivity index (χ3v) is 10.3. The minimum atomic E-state index is -0.156. The van der Waals surface area contributed by atoms with Gasteiger partial charge in [-0.15, -0.1) is 0 Å². The first kappa shape index (κ1) is 27.9. The molecule has 0 aromatic heterocycles. The third-order valence-electron chi connectivity index (χ3n) is 3.08. The Balaban J connectivity index is 2.20. The Morgan fingerprint density at radius 2 is 0.533 bits per heavy atom. The molecule has 0 aromatic rings. The first-order valence-electron chi connectivity index (χ1n) is 9.47. The van der Waals surface area contributed by atoms with E-state index in [0.717, 1.165) is 34.5 Å². The maximum Gasteiger partial charge on any atom is 0.314 e. The molecule has 1 aliphatic rings. The molecule has 6 N–H and O–H groups in total. The minimum Gasteiger partial charge on any atom is -0.337 e. The van der Waals surface area contributed by atoms with Gasteiger partial charge in [0, 0.05) is 73.8 Å². The number of hydrogen-bond donors (Lipinski definition) is 6. The molecular formula is C15H30N6O3S6. The van der Waals surface area contributed by atoms with Gasteiger partial charge in [0.2, 0.25) is 0 Å². The summed E-state index contributed by atoms with van der Waals surface area (Å²) in [5, 5.41) is 16.9. The average molecular weight is 535 g/mol. The average Bonchev–Trinajstić information content (AvgIpc) is 2.73. The van der Waals surface area contributed by atoms with E-state index in [1.165, 1.54) is 0 Å².